The average Bonchev–Trinajstić information content (AvgIpc) is 3.04. The lowest BCUT2D eigenvalue weighted by Crippen LogP contribution is -2.36. The lowest BCUT2D eigenvalue weighted by molar-refractivity contribution is -0.129. The maximum Gasteiger partial charge on any atom is 0.222 e. The van der Waals surface area contributed by atoms with Crippen molar-refractivity contribution in [3.8, 4) is 5.75 Å². The van der Waals surface area contributed by atoms with Crippen LogP contribution in [0.2, 0.25) is 0 Å². The molecule has 1 aromatic carbocycles. The molecular formula is C21H27N3O2. The normalized spacial score (nSPS) is 16.9. The zero-order chi connectivity index (χ0) is 18.2. The fraction of sp³-hybridized carbons (Fsp3) is 0.429. The molecule has 2 aromatic rings. The van der Waals surface area contributed by atoms with Crippen LogP contribution in [-0.2, 0) is 17.8 Å². The molecule has 0 aliphatic carbocycles. The predicted molar refractivity (Wildman–Crippen MR) is 102 cm³/mol. The Balaban J connectivity index is 1.43. The van der Waals surface area contributed by atoms with Crippen molar-refractivity contribution in [2.45, 2.75) is 38.3 Å². The number of hydrogen-bond donors (Lipinski definition) is 1. The summed E-state index contributed by atoms with van der Waals surface area (Å²) in [5, 5.41) is 3.44. The Kier molecular flexibility index (Phi) is 6.61. The summed E-state index contributed by atoms with van der Waals surface area (Å²) in [7, 11) is 1.67. The van der Waals surface area contributed by atoms with Gasteiger partial charge in [0.25, 0.3) is 0 Å². The van der Waals surface area contributed by atoms with Crippen LogP contribution in [0.5, 0.6) is 5.75 Å². The number of likely N-dealkylation sites (tertiary alicyclic amines) is 1. The van der Waals surface area contributed by atoms with Gasteiger partial charge >= 0.3 is 0 Å². The van der Waals surface area contributed by atoms with Crippen LogP contribution in [0.1, 0.15) is 30.5 Å². The standard InChI is InChI=1S/C21H27N3O2/c1-26-20-8-5-17(6-9-20)12-15-24-19(7-10-21(24)25)11-14-22-16-18-4-2-3-13-23-18/h2-6,8-9,13,19,22H,7,10-12,14-16H2,1H3/t19-/m1/s1. The Labute approximate surface area is 155 Å². The number of aromatic nitrogens is 1. The second-order valence-electron chi connectivity index (χ2n) is 6.66. The van der Waals surface area contributed by atoms with Gasteiger partial charge in [0, 0.05) is 31.7 Å². The van der Waals surface area contributed by atoms with Crippen molar-refractivity contribution < 1.29 is 9.53 Å². The van der Waals surface area contributed by atoms with E-state index in [0.29, 0.717) is 12.5 Å². The summed E-state index contributed by atoms with van der Waals surface area (Å²) in [5.74, 6) is 1.15. The number of pyridine rings is 1. The van der Waals surface area contributed by atoms with E-state index in [-0.39, 0.29) is 5.91 Å². The third-order valence-electron chi connectivity index (χ3n) is 4.94. The molecule has 3 rings (SSSR count). The van der Waals surface area contributed by atoms with E-state index in [9.17, 15) is 4.79 Å². The highest BCUT2D eigenvalue weighted by molar-refractivity contribution is 5.78. The van der Waals surface area contributed by atoms with Crippen molar-refractivity contribution in [1.82, 2.24) is 15.2 Å². The first-order chi connectivity index (χ1) is 12.8. The van der Waals surface area contributed by atoms with Crippen LogP contribution in [0, 0.1) is 0 Å². The van der Waals surface area contributed by atoms with Crippen molar-refractivity contribution in [2.24, 2.45) is 0 Å². The number of hydrogen-bond acceptors (Lipinski definition) is 4. The summed E-state index contributed by atoms with van der Waals surface area (Å²) in [5.41, 5.74) is 2.28. The van der Waals surface area contributed by atoms with Crippen LogP contribution in [0.15, 0.2) is 48.7 Å². The van der Waals surface area contributed by atoms with Crippen LogP contribution in [0.4, 0.5) is 0 Å². The van der Waals surface area contributed by atoms with Gasteiger partial charge in [-0.15, -0.1) is 0 Å². The zero-order valence-electron chi connectivity index (χ0n) is 15.4. The molecule has 1 atom stereocenters. The number of methoxy groups -OCH3 is 1. The molecule has 1 N–H and O–H groups in total. The lowest BCUT2D eigenvalue weighted by Gasteiger charge is -2.25. The minimum absolute atomic E-state index is 0.285. The van der Waals surface area contributed by atoms with E-state index in [1.54, 1.807) is 7.11 Å². The number of carbonyl (C=O) groups excluding carboxylic acids is 1. The molecule has 1 amide bonds. The molecule has 138 valence electrons. The van der Waals surface area contributed by atoms with Gasteiger partial charge < -0.3 is 15.0 Å². The van der Waals surface area contributed by atoms with E-state index in [2.05, 4.69) is 27.3 Å². The number of rotatable bonds is 9. The summed E-state index contributed by atoms with van der Waals surface area (Å²) in [6, 6.07) is 14.4. The first-order valence-corrected chi connectivity index (χ1v) is 9.29. The van der Waals surface area contributed by atoms with E-state index >= 15 is 0 Å². The molecule has 1 aliphatic heterocycles. The highest BCUT2D eigenvalue weighted by Crippen LogP contribution is 2.22. The average molecular weight is 353 g/mol. The van der Waals surface area contributed by atoms with Crippen molar-refractivity contribution in [2.75, 3.05) is 20.2 Å². The fourth-order valence-corrected chi connectivity index (χ4v) is 3.43. The first kappa shape index (κ1) is 18.4. The molecule has 1 aliphatic rings. The van der Waals surface area contributed by atoms with Crippen molar-refractivity contribution in [1.29, 1.82) is 0 Å². The summed E-state index contributed by atoms with van der Waals surface area (Å²) < 4.78 is 5.19. The molecule has 0 spiro atoms. The maximum atomic E-state index is 12.2. The van der Waals surface area contributed by atoms with Crippen LogP contribution in [0.3, 0.4) is 0 Å². The Bertz CT molecular complexity index is 688. The monoisotopic (exact) mass is 353 g/mol. The zero-order valence-corrected chi connectivity index (χ0v) is 15.4. The van der Waals surface area contributed by atoms with Gasteiger partial charge in [0.05, 0.1) is 12.8 Å². The third-order valence-corrected chi connectivity index (χ3v) is 4.94. The Morgan fingerprint density at radius 1 is 1.23 bits per heavy atom. The number of nitrogens with one attached hydrogen (secondary N) is 1. The van der Waals surface area contributed by atoms with Gasteiger partial charge in [-0.05, 0) is 55.6 Å². The van der Waals surface area contributed by atoms with Crippen LogP contribution >= 0.6 is 0 Å². The van der Waals surface area contributed by atoms with E-state index in [1.807, 2.05) is 36.5 Å². The third kappa shape index (κ3) is 5.05. The maximum absolute atomic E-state index is 12.2. The largest absolute Gasteiger partial charge is 0.497 e. The number of benzene rings is 1. The molecule has 0 saturated carbocycles. The summed E-state index contributed by atoms with van der Waals surface area (Å²) >= 11 is 0. The van der Waals surface area contributed by atoms with E-state index in [4.69, 9.17) is 4.74 Å². The fourth-order valence-electron chi connectivity index (χ4n) is 3.43. The van der Waals surface area contributed by atoms with Gasteiger partial charge in [0.15, 0.2) is 0 Å². The van der Waals surface area contributed by atoms with Gasteiger partial charge in [0.2, 0.25) is 5.91 Å². The number of amides is 1. The molecule has 1 aromatic heterocycles. The number of carbonyl (C=O) groups is 1. The minimum atomic E-state index is 0.285. The van der Waals surface area contributed by atoms with E-state index < -0.39 is 0 Å². The minimum Gasteiger partial charge on any atom is -0.497 e. The SMILES string of the molecule is COc1ccc(CCN2C(=O)CC[C@@H]2CCNCc2ccccn2)cc1. The van der Waals surface area contributed by atoms with Gasteiger partial charge in [-0.25, -0.2) is 0 Å². The quantitative estimate of drug-likeness (QED) is 0.705. The van der Waals surface area contributed by atoms with Gasteiger partial charge in [0.1, 0.15) is 5.75 Å². The van der Waals surface area contributed by atoms with Crippen LogP contribution in [0.25, 0.3) is 0 Å². The van der Waals surface area contributed by atoms with Gasteiger partial charge in [-0.3, -0.25) is 9.78 Å². The molecule has 26 heavy (non-hydrogen) atoms. The van der Waals surface area contributed by atoms with Crippen LogP contribution in [-0.4, -0.2) is 42.0 Å². The summed E-state index contributed by atoms with van der Waals surface area (Å²) in [4.78, 5) is 18.6. The highest BCUT2D eigenvalue weighted by Gasteiger charge is 2.29. The first-order valence-electron chi connectivity index (χ1n) is 9.29. The molecular weight excluding hydrogens is 326 g/mol. The van der Waals surface area contributed by atoms with Crippen molar-refractivity contribution in [3.05, 3.63) is 59.9 Å². The number of ether oxygens (including phenoxy) is 1. The second kappa shape index (κ2) is 9.34. The van der Waals surface area contributed by atoms with Crippen molar-refractivity contribution >= 4 is 5.91 Å². The van der Waals surface area contributed by atoms with Gasteiger partial charge in [-0.1, -0.05) is 18.2 Å². The smallest absolute Gasteiger partial charge is 0.222 e. The van der Waals surface area contributed by atoms with Crippen LogP contribution < -0.4 is 10.1 Å². The molecule has 5 nitrogen and oxygen atoms in total. The molecule has 0 radical (unpaired) electrons. The molecule has 1 fully saturated rings. The Morgan fingerprint density at radius 2 is 2.08 bits per heavy atom. The topological polar surface area (TPSA) is 54.5 Å². The van der Waals surface area contributed by atoms with Crippen molar-refractivity contribution in [3.63, 3.8) is 0 Å². The summed E-state index contributed by atoms with van der Waals surface area (Å²) in [6.07, 6.45) is 5.32. The molecule has 0 bridgehead atoms. The highest BCUT2D eigenvalue weighted by atomic mass is 16.5. The summed E-state index contributed by atoms with van der Waals surface area (Å²) in [6.45, 7) is 2.46. The van der Waals surface area contributed by atoms with E-state index in [1.165, 1.54) is 5.56 Å². The molecule has 5 heteroatoms. The lowest BCUT2D eigenvalue weighted by atomic mass is 10.1. The van der Waals surface area contributed by atoms with E-state index in [0.717, 1.165) is 50.3 Å². The second-order valence-corrected chi connectivity index (χ2v) is 6.66. The predicted octanol–water partition coefficient (Wildman–Crippen LogP) is 2.80. The molecule has 2 heterocycles. The Morgan fingerprint density at radius 3 is 2.81 bits per heavy atom. The van der Waals surface area contributed by atoms with Gasteiger partial charge in [-0.2, -0.15) is 0 Å². The molecule has 1 saturated heterocycles. The number of nitrogens with zero attached hydrogens (tertiary/aromatic N) is 2. The Hall–Kier alpha value is -2.40. The molecule has 0 unspecified atom stereocenters.